The zero-order chi connectivity index (χ0) is 15.5. The second kappa shape index (κ2) is 6.10. The van der Waals surface area contributed by atoms with Gasteiger partial charge in [-0.15, -0.1) is 0 Å². The number of hydrogen-bond acceptors (Lipinski definition) is 5. The van der Waals surface area contributed by atoms with Gasteiger partial charge in [0.1, 0.15) is 16.9 Å². The first-order valence-corrected chi connectivity index (χ1v) is 7.45. The van der Waals surface area contributed by atoms with Gasteiger partial charge >= 0.3 is 0 Å². The number of hydrogen-bond donors (Lipinski definition) is 0. The SMILES string of the molecule is CN(C(=O)CSc1ncnc2ccccc12)C(C)(C)C#N. The predicted molar refractivity (Wildman–Crippen MR) is 82.7 cm³/mol. The van der Waals surface area contributed by atoms with Gasteiger partial charge in [-0.2, -0.15) is 5.26 Å². The van der Waals surface area contributed by atoms with Crippen molar-refractivity contribution in [2.24, 2.45) is 0 Å². The number of carbonyl (C=O) groups excluding carboxylic acids is 1. The molecule has 2 aromatic rings. The fourth-order valence-corrected chi connectivity index (χ4v) is 2.61. The van der Waals surface area contributed by atoms with Gasteiger partial charge in [0, 0.05) is 12.4 Å². The molecule has 2 rings (SSSR count). The van der Waals surface area contributed by atoms with Crippen LogP contribution in [0.15, 0.2) is 35.6 Å². The fraction of sp³-hybridized carbons (Fsp3) is 0.333. The maximum absolute atomic E-state index is 12.2. The van der Waals surface area contributed by atoms with Gasteiger partial charge in [-0.25, -0.2) is 9.97 Å². The summed E-state index contributed by atoms with van der Waals surface area (Å²) in [4.78, 5) is 22.1. The number of rotatable bonds is 4. The van der Waals surface area contributed by atoms with Crippen LogP contribution in [0.2, 0.25) is 0 Å². The lowest BCUT2D eigenvalue weighted by atomic mass is 10.1. The molecule has 0 N–H and O–H groups in total. The van der Waals surface area contributed by atoms with Crippen LogP contribution in [-0.2, 0) is 4.79 Å². The summed E-state index contributed by atoms with van der Waals surface area (Å²) in [5.74, 6) is 0.136. The monoisotopic (exact) mass is 300 g/mol. The molecule has 0 radical (unpaired) electrons. The van der Waals surface area contributed by atoms with Gasteiger partial charge in [0.2, 0.25) is 5.91 Å². The number of benzene rings is 1. The Hall–Kier alpha value is -2.13. The Morgan fingerprint density at radius 3 is 2.81 bits per heavy atom. The van der Waals surface area contributed by atoms with Crippen molar-refractivity contribution in [1.82, 2.24) is 14.9 Å². The summed E-state index contributed by atoms with van der Waals surface area (Å²) < 4.78 is 0. The van der Waals surface area contributed by atoms with E-state index in [1.54, 1.807) is 20.9 Å². The summed E-state index contributed by atoms with van der Waals surface area (Å²) in [6.45, 7) is 3.44. The molecular formula is C15H16N4OS. The summed E-state index contributed by atoms with van der Waals surface area (Å²) >= 11 is 1.36. The number of para-hydroxylation sites is 1. The molecule has 0 aliphatic rings. The van der Waals surface area contributed by atoms with Crippen LogP contribution in [0.4, 0.5) is 0 Å². The molecule has 6 heteroatoms. The molecule has 0 unspecified atom stereocenters. The number of fused-ring (bicyclic) bond motifs is 1. The highest BCUT2D eigenvalue weighted by molar-refractivity contribution is 8.00. The Kier molecular flexibility index (Phi) is 4.43. The van der Waals surface area contributed by atoms with E-state index in [0.717, 1.165) is 15.9 Å². The zero-order valence-electron chi connectivity index (χ0n) is 12.2. The summed E-state index contributed by atoms with van der Waals surface area (Å²) in [5.41, 5.74) is 0.0407. The first-order chi connectivity index (χ1) is 9.95. The molecule has 108 valence electrons. The zero-order valence-corrected chi connectivity index (χ0v) is 13.0. The smallest absolute Gasteiger partial charge is 0.233 e. The van der Waals surface area contributed by atoms with Gasteiger partial charge in [-0.1, -0.05) is 30.0 Å². The van der Waals surface area contributed by atoms with Crippen LogP contribution in [-0.4, -0.2) is 39.1 Å². The molecule has 1 aromatic heterocycles. The standard InChI is InChI=1S/C15H16N4OS/c1-15(2,9-16)19(3)13(20)8-21-14-11-6-4-5-7-12(11)17-10-18-14/h4-7,10H,8H2,1-3H3. The fourth-order valence-electron chi connectivity index (χ4n) is 1.71. The molecule has 1 heterocycles. The van der Waals surface area contributed by atoms with Crippen LogP contribution >= 0.6 is 11.8 Å². The lowest BCUT2D eigenvalue weighted by Crippen LogP contribution is -2.44. The average Bonchev–Trinajstić information content (AvgIpc) is 2.51. The predicted octanol–water partition coefficient (Wildman–Crippen LogP) is 2.48. The maximum Gasteiger partial charge on any atom is 0.233 e. The molecule has 0 bridgehead atoms. The molecule has 1 amide bonds. The number of nitriles is 1. The van der Waals surface area contributed by atoms with Crippen LogP contribution in [0.3, 0.4) is 0 Å². The van der Waals surface area contributed by atoms with Gasteiger partial charge in [0.05, 0.1) is 17.3 Å². The third kappa shape index (κ3) is 3.31. The Labute approximate surface area is 128 Å². The van der Waals surface area contributed by atoms with Crippen LogP contribution in [0.25, 0.3) is 10.9 Å². The highest BCUT2D eigenvalue weighted by atomic mass is 32.2. The number of aromatic nitrogens is 2. The van der Waals surface area contributed by atoms with E-state index in [9.17, 15) is 4.79 Å². The maximum atomic E-state index is 12.2. The summed E-state index contributed by atoms with van der Waals surface area (Å²) in [6.07, 6.45) is 1.50. The van der Waals surface area contributed by atoms with Gasteiger partial charge in [-0.3, -0.25) is 4.79 Å². The van der Waals surface area contributed by atoms with Gasteiger partial charge in [0.25, 0.3) is 0 Å². The lowest BCUT2D eigenvalue weighted by molar-refractivity contribution is -0.130. The van der Waals surface area contributed by atoms with Crippen LogP contribution in [0, 0.1) is 11.3 Å². The van der Waals surface area contributed by atoms with Gasteiger partial charge in [-0.05, 0) is 19.9 Å². The van der Waals surface area contributed by atoms with E-state index in [1.165, 1.54) is 23.0 Å². The number of amides is 1. The minimum atomic E-state index is -0.814. The van der Waals surface area contributed by atoms with E-state index in [-0.39, 0.29) is 11.7 Å². The van der Waals surface area contributed by atoms with Crippen molar-refractivity contribution in [3.8, 4) is 6.07 Å². The van der Waals surface area contributed by atoms with Crippen molar-refractivity contribution < 1.29 is 4.79 Å². The Morgan fingerprint density at radius 1 is 1.38 bits per heavy atom. The molecule has 0 aliphatic carbocycles. The topological polar surface area (TPSA) is 69.9 Å². The number of nitrogens with zero attached hydrogens (tertiary/aromatic N) is 4. The highest BCUT2D eigenvalue weighted by Crippen LogP contribution is 2.25. The van der Waals surface area contributed by atoms with E-state index in [2.05, 4.69) is 16.0 Å². The molecule has 0 saturated heterocycles. The van der Waals surface area contributed by atoms with Crippen LogP contribution < -0.4 is 0 Å². The van der Waals surface area contributed by atoms with Crippen molar-refractivity contribution in [1.29, 1.82) is 5.26 Å². The first-order valence-electron chi connectivity index (χ1n) is 6.46. The van der Waals surface area contributed by atoms with Crippen molar-refractivity contribution in [3.63, 3.8) is 0 Å². The minimum Gasteiger partial charge on any atom is -0.327 e. The van der Waals surface area contributed by atoms with E-state index in [0.29, 0.717) is 0 Å². The number of carbonyl (C=O) groups is 1. The van der Waals surface area contributed by atoms with E-state index < -0.39 is 5.54 Å². The minimum absolute atomic E-state index is 0.103. The third-order valence-electron chi connectivity index (χ3n) is 3.32. The van der Waals surface area contributed by atoms with E-state index in [1.807, 2.05) is 24.3 Å². The quantitative estimate of drug-likeness (QED) is 0.641. The Bertz CT molecular complexity index is 703. The molecule has 0 fully saturated rings. The summed E-state index contributed by atoms with van der Waals surface area (Å²) in [6, 6.07) is 9.80. The van der Waals surface area contributed by atoms with Crippen molar-refractivity contribution in [2.45, 2.75) is 24.4 Å². The molecule has 0 aliphatic heterocycles. The molecular weight excluding hydrogens is 284 g/mol. The van der Waals surface area contributed by atoms with Crippen LogP contribution in [0.5, 0.6) is 0 Å². The van der Waals surface area contributed by atoms with E-state index in [4.69, 9.17) is 5.26 Å². The van der Waals surface area contributed by atoms with Crippen molar-refractivity contribution in [3.05, 3.63) is 30.6 Å². The summed E-state index contributed by atoms with van der Waals surface area (Å²) in [5, 5.41) is 10.8. The van der Waals surface area contributed by atoms with E-state index >= 15 is 0 Å². The Morgan fingerprint density at radius 2 is 2.10 bits per heavy atom. The third-order valence-corrected chi connectivity index (χ3v) is 4.31. The Balaban J connectivity index is 2.13. The molecule has 0 saturated carbocycles. The lowest BCUT2D eigenvalue weighted by Gasteiger charge is -2.28. The first kappa shape index (κ1) is 15.3. The molecule has 1 aromatic carbocycles. The van der Waals surface area contributed by atoms with Crippen molar-refractivity contribution in [2.75, 3.05) is 12.8 Å². The molecule has 5 nitrogen and oxygen atoms in total. The van der Waals surface area contributed by atoms with Gasteiger partial charge < -0.3 is 4.90 Å². The number of thioether (sulfide) groups is 1. The summed E-state index contributed by atoms with van der Waals surface area (Å²) in [7, 11) is 1.64. The van der Waals surface area contributed by atoms with Gasteiger partial charge in [0.15, 0.2) is 0 Å². The molecule has 21 heavy (non-hydrogen) atoms. The second-order valence-electron chi connectivity index (χ2n) is 5.11. The molecule has 0 atom stereocenters. The normalized spacial score (nSPS) is 11.1. The van der Waals surface area contributed by atoms with Crippen molar-refractivity contribution >= 4 is 28.6 Å². The molecule has 0 spiro atoms. The highest BCUT2D eigenvalue weighted by Gasteiger charge is 2.27. The second-order valence-corrected chi connectivity index (χ2v) is 6.07. The average molecular weight is 300 g/mol. The van der Waals surface area contributed by atoms with Crippen LogP contribution in [0.1, 0.15) is 13.8 Å². The largest absolute Gasteiger partial charge is 0.327 e.